The molecule has 0 aromatic carbocycles. The molecule has 0 spiro atoms. The van der Waals surface area contributed by atoms with Crippen molar-refractivity contribution in [3.63, 3.8) is 0 Å². The van der Waals surface area contributed by atoms with Gasteiger partial charge in [0.1, 0.15) is 0 Å². The largest absolute Gasteiger partial charge is 0.253 e. The van der Waals surface area contributed by atoms with Crippen LogP contribution in [0.5, 0.6) is 0 Å². The van der Waals surface area contributed by atoms with Gasteiger partial charge in [-0.1, -0.05) is 20.3 Å². The smallest absolute Gasteiger partial charge is 0.0414 e. The molecule has 0 bridgehead atoms. The first kappa shape index (κ1) is 8.95. The average molecular weight is 149 g/mol. The van der Waals surface area contributed by atoms with Crippen LogP contribution < -0.4 is 0 Å². The lowest BCUT2D eigenvalue weighted by Gasteiger charge is -2.06. The van der Waals surface area contributed by atoms with Gasteiger partial charge >= 0.3 is 0 Å². The normalized spacial score (nSPS) is 20.8. The Bertz CT molecular complexity index is 160. The highest BCUT2D eigenvalue weighted by Crippen LogP contribution is 2.03. The van der Waals surface area contributed by atoms with E-state index in [2.05, 4.69) is 6.92 Å². The average Bonchev–Trinajstić information content (AvgIpc) is 1.62. The summed E-state index contributed by atoms with van der Waals surface area (Å²) >= 11 is 0. The molecule has 1 N–H and O–H groups in total. The first-order valence-electron chi connectivity index (χ1n) is 3.17. The van der Waals surface area contributed by atoms with E-state index < -0.39 is 9.73 Å². The van der Waals surface area contributed by atoms with Crippen molar-refractivity contribution in [2.75, 3.05) is 12.0 Å². The Morgan fingerprint density at radius 2 is 2.11 bits per heavy atom. The van der Waals surface area contributed by atoms with Gasteiger partial charge in [0.25, 0.3) is 0 Å². The first-order chi connectivity index (χ1) is 3.95. The van der Waals surface area contributed by atoms with Crippen LogP contribution in [0, 0.1) is 10.7 Å². The molecule has 0 saturated heterocycles. The molecule has 0 heterocycles. The molecule has 0 aliphatic rings. The molecule has 2 atom stereocenters. The van der Waals surface area contributed by atoms with Gasteiger partial charge in [0.2, 0.25) is 0 Å². The van der Waals surface area contributed by atoms with Gasteiger partial charge in [0.05, 0.1) is 0 Å². The van der Waals surface area contributed by atoms with Crippen LogP contribution in [0.4, 0.5) is 0 Å². The van der Waals surface area contributed by atoms with E-state index in [9.17, 15) is 4.21 Å². The molecule has 0 fully saturated rings. The molecule has 0 unspecified atom stereocenters. The maximum absolute atomic E-state index is 10.8. The molecule has 0 aromatic rings. The number of hydrogen-bond donors (Lipinski definition) is 1. The highest BCUT2D eigenvalue weighted by atomic mass is 32.2. The van der Waals surface area contributed by atoms with E-state index >= 15 is 0 Å². The fourth-order valence-electron chi connectivity index (χ4n) is 0.661. The molecule has 9 heavy (non-hydrogen) atoms. The zero-order valence-corrected chi connectivity index (χ0v) is 7.12. The van der Waals surface area contributed by atoms with Gasteiger partial charge in [-0.3, -0.25) is 8.99 Å². The van der Waals surface area contributed by atoms with Crippen LogP contribution in [0.1, 0.15) is 20.3 Å². The molecule has 0 aliphatic carbocycles. The van der Waals surface area contributed by atoms with Crippen molar-refractivity contribution < 1.29 is 4.21 Å². The molecule has 2 nitrogen and oxygen atoms in total. The van der Waals surface area contributed by atoms with Crippen LogP contribution in [0.25, 0.3) is 0 Å². The van der Waals surface area contributed by atoms with Crippen LogP contribution in [0.15, 0.2) is 0 Å². The lowest BCUT2D eigenvalue weighted by Crippen LogP contribution is -2.09. The summed E-state index contributed by atoms with van der Waals surface area (Å²) in [5.74, 6) is 0.976. The Labute approximate surface area is 57.6 Å². The molecule has 0 rings (SSSR count). The Balaban J connectivity index is 3.75. The molecular formula is C6H15NOS. The number of hydrogen-bond acceptors (Lipinski definition) is 2. The summed E-state index contributed by atoms with van der Waals surface area (Å²) in [5.41, 5.74) is 0. The minimum Gasteiger partial charge on any atom is -0.253 e. The summed E-state index contributed by atoms with van der Waals surface area (Å²) in [5, 5.41) is 0. The minimum atomic E-state index is -2.24. The Morgan fingerprint density at radius 1 is 1.67 bits per heavy atom. The monoisotopic (exact) mass is 149 g/mol. The van der Waals surface area contributed by atoms with Crippen LogP contribution in [0.2, 0.25) is 0 Å². The molecule has 56 valence electrons. The van der Waals surface area contributed by atoms with Gasteiger partial charge in [-0.2, -0.15) is 0 Å². The second-order valence-corrected chi connectivity index (χ2v) is 5.03. The van der Waals surface area contributed by atoms with Gasteiger partial charge in [-0.05, 0) is 5.92 Å². The third-order valence-corrected chi connectivity index (χ3v) is 2.50. The van der Waals surface area contributed by atoms with Crippen LogP contribution in [-0.2, 0) is 9.73 Å². The summed E-state index contributed by atoms with van der Waals surface area (Å²) in [6, 6.07) is 0. The van der Waals surface area contributed by atoms with Crippen molar-refractivity contribution >= 4 is 9.73 Å². The van der Waals surface area contributed by atoms with E-state index in [4.69, 9.17) is 4.78 Å². The second kappa shape index (κ2) is 3.20. The van der Waals surface area contributed by atoms with Crippen molar-refractivity contribution in [1.29, 1.82) is 4.78 Å². The minimum absolute atomic E-state index is 0.431. The zero-order valence-electron chi connectivity index (χ0n) is 6.31. The molecule has 0 aromatic heterocycles. The number of rotatable bonds is 3. The quantitative estimate of drug-likeness (QED) is 0.652. The third kappa shape index (κ3) is 5.83. The molecular weight excluding hydrogens is 134 g/mol. The van der Waals surface area contributed by atoms with Crippen LogP contribution in [-0.4, -0.2) is 16.2 Å². The Kier molecular flexibility index (Phi) is 3.18. The lowest BCUT2D eigenvalue weighted by atomic mass is 10.2. The summed E-state index contributed by atoms with van der Waals surface area (Å²) < 4.78 is 17.9. The van der Waals surface area contributed by atoms with Crippen LogP contribution >= 0.6 is 0 Å². The fraction of sp³-hybridized carbons (Fsp3) is 1.00. The van der Waals surface area contributed by atoms with Gasteiger partial charge in [-0.15, -0.1) is 0 Å². The third-order valence-electron chi connectivity index (χ3n) is 1.30. The van der Waals surface area contributed by atoms with E-state index in [1.54, 1.807) is 0 Å². The second-order valence-electron chi connectivity index (χ2n) is 2.69. The molecule has 0 amide bonds. The van der Waals surface area contributed by atoms with E-state index in [-0.39, 0.29) is 0 Å². The predicted octanol–water partition coefficient (Wildman–Crippen LogP) is 1.71. The number of nitrogens with one attached hydrogen (secondary N) is 1. The molecule has 0 aliphatic heterocycles. The topological polar surface area (TPSA) is 40.9 Å². The van der Waals surface area contributed by atoms with Crippen molar-refractivity contribution in [1.82, 2.24) is 0 Å². The highest BCUT2D eigenvalue weighted by Gasteiger charge is 2.03. The summed E-state index contributed by atoms with van der Waals surface area (Å²) in [6.45, 7) is 4.08. The maximum atomic E-state index is 10.8. The summed E-state index contributed by atoms with van der Waals surface area (Å²) in [4.78, 5) is 0. The van der Waals surface area contributed by atoms with Crippen LogP contribution in [0.3, 0.4) is 0 Å². The van der Waals surface area contributed by atoms with Crippen molar-refractivity contribution in [3.05, 3.63) is 0 Å². The van der Waals surface area contributed by atoms with E-state index in [0.717, 1.165) is 6.42 Å². The van der Waals surface area contributed by atoms with Gasteiger partial charge < -0.3 is 0 Å². The highest BCUT2D eigenvalue weighted by molar-refractivity contribution is 7.91. The van der Waals surface area contributed by atoms with Crippen molar-refractivity contribution in [2.24, 2.45) is 5.92 Å². The lowest BCUT2D eigenvalue weighted by molar-refractivity contribution is 0.613. The van der Waals surface area contributed by atoms with Gasteiger partial charge in [0, 0.05) is 21.7 Å². The van der Waals surface area contributed by atoms with E-state index in [1.165, 1.54) is 6.26 Å². The Morgan fingerprint density at radius 3 is 2.22 bits per heavy atom. The molecule has 3 heteroatoms. The summed E-state index contributed by atoms with van der Waals surface area (Å²) in [7, 11) is -2.24. The summed E-state index contributed by atoms with van der Waals surface area (Å²) in [6.07, 6.45) is 2.52. The Hall–Kier alpha value is -0.0500. The molecule has 0 saturated carbocycles. The molecule has 0 radical (unpaired) electrons. The van der Waals surface area contributed by atoms with E-state index in [1.807, 2.05) is 6.92 Å². The van der Waals surface area contributed by atoms with Crippen molar-refractivity contribution in [2.45, 2.75) is 20.3 Å². The zero-order chi connectivity index (χ0) is 7.49. The van der Waals surface area contributed by atoms with E-state index in [0.29, 0.717) is 11.7 Å². The van der Waals surface area contributed by atoms with Gasteiger partial charge in [0.15, 0.2) is 0 Å². The fourth-order valence-corrected chi connectivity index (χ4v) is 1.98. The first-order valence-corrected chi connectivity index (χ1v) is 5.30. The SMILES string of the molecule is CC[C@@H](C)C[S@@](C)(=N)=O. The maximum Gasteiger partial charge on any atom is 0.0414 e. The van der Waals surface area contributed by atoms with Crippen molar-refractivity contribution in [3.8, 4) is 0 Å². The standard InChI is InChI=1S/C6H15NOS/c1-4-6(2)5-9(3,7)8/h6-7H,4-5H2,1-3H3/t6-,9+/m1/s1. The van der Waals surface area contributed by atoms with Gasteiger partial charge in [-0.25, -0.2) is 0 Å². The predicted molar refractivity (Wildman–Crippen MR) is 41.1 cm³/mol.